The molecule has 1 aliphatic rings. The molecule has 4 heteroatoms. The van der Waals surface area contributed by atoms with Crippen LogP contribution in [-0.2, 0) is 0 Å². The summed E-state index contributed by atoms with van der Waals surface area (Å²) >= 11 is 0. The van der Waals surface area contributed by atoms with Gasteiger partial charge in [-0.1, -0.05) is 0 Å². The Bertz CT molecular complexity index is 381. The molecule has 1 aromatic rings. The van der Waals surface area contributed by atoms with Gasteiger partial charge in [0.25, 0.3) is 0 Å². The number of piperidine rings is 1. The second-order valence-corrected chi connectivity index (χ2v) is 5.10. The smallest absolute Gasteiger partial charge is 0.150 e. The zero-order chi connectivity index (χ0) is 12.4. The zero-order valence-electron chi connectivity index (χ0n) is 11.0. The zero-order valence-corrected chi connectivity index (χ0v) is 11.0. The fourth-order valence-corrected chi connectivity index (χ4v) is 2.46. The van der Waals surface area contributed by atoms with E-state index in [1.165, 1.54) is 0 Å². The maximum absolute atomic E-state index is 5.96. The van der Waals surface area contributed by atoms with Gasteiger partial charge in [-0.25, -0.2) is 4.98 Å². The summed E-state index contributed by atoms with van der Waals surface area (Å²) in [7, 11) is 0. The van der Waals surface area contributed by atoms with Crippen molar-refractivity contribution in [3.05, 3.63) is 17.6 Å². The molecule has 0 aromatic carbocycles. The minimum Gasteiger partial charge on any atom is -0.355 e. The lowest BCUT2D eigenvalue weighted by Gasteiger charge is -2.34. The lowest BCUT2D eigenvalue weighted by Crippen LogP contribution is -2.40. The van der Waals surface area contributed by atoms with Crippen LogP contribution in [0.15, 0.2) is 6.20 Å². The molecule has 94 valence electrons. The van der Waals surface area contributed by atoms with Crippen LogP contribution in [0.4, 0.5) is 5.82 Å². The highest BCUT2D eigenvalue weighted by molar-refractivity contribution is 5.43. The van der Waals surface area contributed by atoms with Crippen molar-refractivity contribution in [2.75, 3.05) is 18.0 Å². The number of aromatic nitrogens is 2. The van der Waals surface area contributed by atoms with E-state index in [2.05, 4.69) is 21.8 Å². The van der Waals surface area contributed by atoms with Gasteiger partial charge < -0.3 is 10.6 Å². The molecule has 0 aliphatic carbocycles. The number of aryl methyl sites for hydroxylation is 2. The Hall–Kier alpha value is -1.16. The van der Waals surface area contributed by atoms with Crippen molar-refractivity contribution in [3.8, 4) is 0 Å². The van der Waals surface area contributed by atoms with Gasteiger partial charge >= 0.3 is 0 Å². The monoisotopic (exact) mass is 234 g/mol. The molecule has 1 unspecified atom stereocenters. The van der Waals surface area contributed by atoms with Gasteiger partial charge in [0.2, 0.25) is 0 Å². The van der Waals surface area contributed by atoms with Crippen LogP contribution in [-0.4, -0.2) is 29.1 Å². The van der Waals surface area contributed by atoms with E-state index in [4.69, 9.17) is 5.73 Å². The van der Waals surface area contributed by atoms with Crippen molar-refractivity contribution in [3.63, 3.8) is 0 Å². The average molecular weight is 234 g/mol. The fraction of sp³-hybridized carbons (Fsp3) is 0.692. The van der Waals surface area contributed by atoms with E-state index >= 15 is 0 Å². The number of nitrogens with zero attached hydrogens (tertiary/aromatic N) is 3. The van der Waals surface area contributed by atoms with Crippen LogP contribution in [0.3, 0.4) is 0 Å². The van der Waals surface area contributed by atoms with Crippen molar-refractivity contribution >= 4 is 5.82 Å². The van der Waals surface area contributed by atoms with Gasteiger partial charge in [-0.3, -0.25) is 4.98 Å². The normalized spacial score (nSPS) is 19.4. The molecule has 1 aliphatic heterocycles. The Balaban J connectivity index is 2.07. The molecule has 1 saturated heterocycles. The molecule has 0 spiro atoms. The van der Waals surface area contributed by atoms with Crippen LogP contribution in [0.25, 0.3) is 0 Å². The molecular formula is C13H22N4. The van der Waals surface area contributed by atoms with E-state index in [9.17, 15) is 0 Å². The molecule has 0 saturated carbocycles. The Morgan fingerprint density at radius 3 is 2.59 bits per heavy atom. The van der Waals surface area contributed by atoms with Crippen LogP contribution in [0.1, 0.15) is 31.2 Å². The first-order valence-electron chi connectivity index (χ1n) is 6.38. The minimum absolute atomic E-state index is 0.307. The summed E-state index contributed by atoms with van der Waals surface area (Å²) in [6.45, 7) is 8.22. The van der Waals surface area contributed by atoms with Crippen LogP contribution in [0, 0.1) is 19.8 Å². The van der Waals surface area contributed by atoms with Crippen molar-refractivity contribution in [1.82, 2.24) is 9.97 Å². The number of hydrogen-bond acceptors (Lipinski definition) is 4. The quantitative estimate of drug-likeness (QED) is 0.845. The van der Waals surface area contributed by atoms with Crippen LogP contribution in [0.5, 0.6) is 0 Å². The van der Waals surface area contributed by atoms with E-state index in [1.54, 1.807) is 0 Å². The first-order chi connectivity index (χ1) is 8.08. The summed E-state index contributed by atoms with van der Waals surface area (Å²) in [5.74, 6) is 1.71. The van der Waals surface area contributed by atoms with Gasteiger partial charge in [0, 0.05) is 25.3 Å². The van der Waals surface area contributed by atoms with Crippen LogP contribution >= 0.6 is 0 Å². The van der Waals surface area contributed by atoms with Crippen molar-refractivity contribution < 1.29 is 0 Å². The fourth-order valence-electron chi connectivity index (χ4n) is 2.46. The van der Waals surface area contributed by atoms with Gasteiger partial charge in [-0.05, 0) is 39.5 Å². The number of nitrogens with two attached hydrogens (primary N) is 1. The molecule has 2 N–H and O–H groups in total. The molecule has 0 amide bonds. The second kappa shape index (κ2) is 5.00. The lowest BCUT2D eigenvalue weighted by molar-refractivity contribution is 0.353. The van der Waals surface area contributed by atoms with E-state index < -0.39 is 0 Å². The average Bonchev–Trinajstić information content (AvgIpc) is 2.32. The highest BCUT2D eigenvalue weighted by Gasteiger charge is 2.23. The van der Waals surface area contributed by atoms with Gasteiger partial charge in [0.05, 0.1) is 11.4 Å². The molecule has 0 radical (unpaired) electrons. The summed E-state index contributed by atoms with van der Waals surface area (Å²) in [4.78, 5) is 11.3. The Kier molecular flexibility index (Phi) is 3.62. The third-order valence-electron chi connectivity index (χ3n) is 3.63. The molecule has 2 rings (SSSR count). The van der Waals surface area contributed by atoms with Gasteiger partial charge in [-0.2, -0.15) is 0 Å². The third-order valence-corrected chi connectivity index (χ3v) is 3.63. The molecule has 1 fully saturated rings. The molecular weight excluding hydrogens is 212 g/mol. The Labute approximate surface area is 103 Å². The summed E-state index contributed by atoms with van der Waals surface area (Å²) in [5, 5.41) is 0. The van der Waals surface area contributed by atoms with Gasteiger partial charge in [0.15, 0.2) is 0 Å². The van der Waals surface area contributed by atoms with E-state index in [0.717, 1.165) is 43.1 Å². The topological polar surface area (TPSA) is 55.0 Å². The Morgan fingerprint density at radius 1 is 1.35 bits per heavy atom. The molecule has 4 nitrogen and oxygen atoms in total. The summed E-state index contributed by atoms with van der Waals surface area (Å²) < 4.78 is 0. The highest BCUT2D eigenvalue weighted by atomic mass is 15.2. The number of rotatable bonds is 2. The summed E-state index contributed by atoms with van der Waals surface area (Å²) in [6, 6.07) is 0.307. The maximum atomic E-state index is 5.96. The lowest BCUT2D eigenvalue weighted by atomic mass is 9.91. The van der Waals surface area contributed by atoms with Gasteiger partial charge in [0.1, 0.15) is 5.82 Å². The van der Waals surface area contributed by atoms with E-state index in [0.29, 0.717) is 12.0 Å². The molecule has 17 heavy (non-hydrogen) atoms. The molecule has 0 bridgehead atoms. The van der Waals surface area contributed by atoms with E-state index in [1.807, 2.05) is 20.0 Å². The highest BCUT2D eigenvalue weighted by Crippen LogP contribution is 2.24. The number of hydrogen-bond donors (Lipinski definition) is 1. The first-order valence-corrected chi connectivity index (χ1v) is 6.38. The predicted molar refractivity (Wildman–Crippen MR) is 70.1 cm³/mol. The molecule has 1 atom stereocenters. The number of anilines is 1. The minimum atomic E-state index is 0.307. The van der Waals surface area contributed by atoms with Crippen LogP contribution < -0.4 is 10.6 Å². The standard InChI is InChI=1S/C13H22N4/c1-9-8-15-11(3)13(16-9)17-6-4-12(5-7-17)10(2)14/h8,10,12H,4-7,14H2,1-3H3. The van der Waals surface area contributed by atoms with E-state index in [-0.39, 0.29) is 0 Å². The van der Waals surface area contributed by atoms with Crippen molar-refractivity contribution in [2.24, 2.45) is 11.7 Å². The van der Waals surface area contributed by atoms with Crippen LogP contribution in [0.2, 0.25) is 0 Å². The Morgan fingerprint density at radius 2 is 2.00 bits per heavy atom. The maximum Gasteiger partial charge on any atom is 0.150 e. The first kappa shape index (κ1) is 12.3. The van der Waals surface area contributed by atoms with Crippen molar-refractivity contribution in [1.29, 1.82) is 0 Å². The summed E-state index contributed by atoms with van der Waals surface area (Å²) in [5.41, 5.74) is 7.97. The molecule has 1 aromatic heterocycles. The van der Waals surface area contributed by atoms with Gasteiger partial charge in [-0.15, -0.1) is 0 Å². The molecule has 2 heterocycles. The second-order valence-electron chi connectivity index (χ2n) is 5.10. The SMILES string of the molecule is Cc1cnc(C)c(N2CCC(C(C)N)CC2)n1. The predicted octanol–water partition coefficient (Wildman–Crippen LogP) is 1.66. The largest absolute Gasteiger partial charge is 0.355 e. The van der Waals surface area contributed by atoms with Crippen molar-refractivity contribution in [2.45, 2.75) is 39.7 Å². The third kappa shape index (κ3) is 2.75. The summed E-state index contributed by atoms with van der Waals surface area (Å²) in [6.07, 6.45) is 4.15.